The Kier molecular flexibility index (Phi) is 5.49. The summed E-state index contributed by atoms with van der Waals surface area (Å²) >= 11 is 0. The summed E-state index contributed by atoms with van der Waals surface area (Å²) in [5.41, 5.74) is 0.670. The van der Waals surface area contributed by atoms with E-state index in [1.165, 1.54) is 11.1 Å². The van der Waals surface area contributed by atoms with Gasteiger partial charge in [-0.05, 0) is 25.5 Å². The van der Waals surface area contributed by atoms with Crippen molar-refractivity contribution in [2.75, 3.05) is 32.9 Å². The molecular formula is C19H23N3O4. The van der Waals surface area contributed by atoms with Crippen LogP contribution in [0.1, 0.15) is 21.7 Å². The first-order valence-electron chi connectivity index (χ1n) is 8.53. The third-order valence-corrected chi connectivity index (χ3v) is 4.24. The van der Waals surface area contributed by atoms with Gasteiger partial charge in [0.25, 0.3) is 5.91 Å². The minimum absolute atomic E-state index is 0.0290. The van der Waals surface area contributed by atoms with Gasteiger partial charge in [0.15, 0.2) is 0 Å². The number of aryl methyl sites for hydroxylation is 2. The Morgan fingerprint density at radius 1 is 1.31 bits per heavy atom. The van der Waals surface area contributed by atoms with Crippen LogP contribution in [-0.2, 0) is 4.74 Å². The molecule has 1 aromatic carbocycles. The van der Waals surface area contributed by atoms with Crippen LogP contribution in [0.15, 0.2) is 36.7 Å². The molecular weight excluding hydrogens is 334 g/mol. The molecule has 1 atom stereocenters. The predicted octanol–water partition coefficient (Wildman–Crippen LogP) is 1.38. The fourth-order valence-corrected chi connectivity index (χ4v) is 2.77. The number of hydrogen-bond donors (Lipinski definition) is 1. The fourth-order valence-electron chi connectivity index (χ4n) is 2.77. The molecule has 3 rings (SSSR count). The van der Waals surface area contributed by atoms with Gasteiger partial charge in [-0.2, -0.15) is 0 Å². The van der Waals surface area contributed by atoms with Crippen LogP contribution in [-0.4, -0.2) is 64.4 Å². The van der Waals surface area contributed by atoms with Crippen LogP contribution in [0.4, 0.5) is 0 Å². The lowest BCUT2D eigenvalue weighted by Crippen LogP contribution is -2.50. The van der Waals surface area contributed by atoms with Gasteiger partial charge >= 0.3 is 0 Å². The van der Waals surface area contributed by atoms with Crippen LogP contribution in [0.5, 0.6) is 5.75 Å². The number of hydrogen-bond acceptors (Lipinski definition) is 6. The molecule has 0 spiro atoms. The number of para-hydroxylation sites is 1. The van der Waals surface area contributed by atoms with Gasteiger partial charge in [0.2, 0.25) is 0 Å². The van der Waals surface area contributed by atoms with E-state index in [1.807, 2.05) is 38.1 Å². The molecule has 7 nitrogen and oxygen atoms in total. The summed E-state index contributed by atoms with van der Waals surface area (Å²) in [4.78, 5) is 22.5. The van der Waals surface area contributed by atoms with E-state index in [4.69, 9.17) is 9.47 Å². The lowest BCUT2D eigenvalue weighted by molar-refractivity contribution is -0.0622. The quantitative estimate of drug-likeness (QED) is 0.890. The average molecular weight is 357 g/mol. The highest BCUT2D eigenvalue weighted by Gasteiger charge is 2.36. The Hall–Kier alpha value is -2.51. The van der Waals surface area contributed by atoms with Gasteiger partial charge in [0.05, 0.1) is 31.6 Å². The molecule has 0 bridgehead atoms. The highest BCUT2D eigenvalue weighted by atomic mass is 16.5. The van der Waals surface area contributed by atoms with Crippen molar-refractivity contribution in [1.29, 1.82) is 0 Å². The number of carbonyl (C=O) groups excluding carboxylic acids is 1. The van der Waals surface area contributed by atoms with Gasteiger partial charge in [-0.1, -0.05) is 18.2 Å². The first-order chi connectivity index (χ1) is 12.5. The van der Waals surface area contributed by atoms with E-state index in [1.54, 1.807) is 6.20 Å². The average Bonchev–Trinajstić information content (AvgIpc) is 2.83. The van der Waals surface area contributed by atoms with Gasteiger partial charge < -0.3 is 19.5 Å². The molecule has 26 heavy (non-hydrogen) atoms. The van der Waals surface area contributed by atoms with Crippen molar-refractivity contribution < 1.29 is 19.4 Å². The van der Waals surface area contributed by atoms with Gasteiger partial charge in [-0.15, -0.1) is 0 Å². The SMILES string of the molecule is Cc1cnc(C(=O)N2CCOCC(O)(COc3ccccc3C)C2)cn1. The van der Waals surface area contributed by atoms with Crippen LogP contribution in [0.25, 0.3) is 0 Å². The van der Waals surface area contributed by atoms with Gasteiger partial charge in [0.1, 0.15) is 23.7 Å². The number of benzene rings is 1. The smallest absolute Gasteiger partial charge is 0.274 e. The topological polar surface area (TPSA) is 84.8 Å². The molecule has 1 N–H and O–H groups in total. The zero-order valence-corrected chi connectivity index (χ0v) is 15.0. The summed E-state index contributed by atoms with van der Waals surface area (Å²) < 4.78 is 11.3. The molecule has 1 amide bonds. The molecule has 1 aromatic heterocycles. The van der Waals surface area contributed by atoms with Crippen molar-refractivity contribution in [2.45, 2.75) is 19.4 Å². The summed E-state index contributed by atoms with van der Waals surface area (Å²) in [5.74, 6) is 0.421. The van der Waals surface area contributed by atoms with E-state index in [0.29, 0.717) is 18.9 Å². The highest BCUT2D eigenvalue weighted by Crippen LogP contribution is 2.20. The Morgan fingerprint density at radius 2 is 2.12 bits per heavy atom. The number of ether oxygens (including phenoxy) is 2. The predicted molar refractivity (Wildman–Crippen MR) is 95.1 cm³/mol. The van der Waals surface area contributed by atoms with Crippen LogP contribution in [0.3, 0.4) is 0 Å². The number of β-amino-alcohol motifs (C(OH)–C–C–N with tert-alkyl or cyclic N) is 1. The summed E-state index contributed by atoms with van der Waals surface area (Å²) in [6, 6.07) is 7.59. The number of aliphatic hydroxyl groups is 1. The molecule has 2 heterocycles. The van der Waals surface area contributed by atoms with Crippen molar-refractivity contribution in [3.05, 3.63) is 53.6 Å². The summed E-state index contributed by atoms with van der Waals surface area (Å²) in [6.45, 7) is 4.70. The van der Waals surface area contributed by atoms with E-state index in [0.717, 1.165) is 11.3 Å². The first kappa shape index (κ1) is 18.3. The zero-order chi connectivity index (χ0) is 18.6. The molecule has 0 radical (unpaired) electrons. The lowest BCUT2D eigenvalue weighted by atomic mass is 10.1. The number of nitrogens with zero attached hydrogens (tertiary/aromatic N) is 3. The molecule has 0 saturated carbocycles. The Bertz CT molecular complexity index is 766. The third kappa shape index (κ3) is 4.36. The second-order valence-corrected chi connectivity index (χ2v) is 6.60. The van der Waals surface area contributed by atoms with Crippen LogP contribution in [0.2, 0.25) is 0 Å². The number of carbonyl (C=O) groups is 1. The minimum atomic E-state index is -1.30. The normalized spacial score (nSPS) is 20.5. The molecule has 1 unspecified atom stereocenters. The van der Waals surface area contributed by atoms with Crippen molar-refractivity contribution in [1.82, 2.24) is 14.9 Å². The van der Waals surface area contributed by atoms with E-state index >= 15 is 0 Å². The fraction of sp³-hybridized carbons (Fsp3) is 0.421. The molecule has 1 aliphatic rings. The van der Waals surface area contributed by atoms with Crippen molar-refractivity contribution >= 4 is 5.91 Å². The van der Waals surface area contributed by atoms with Gasteiger partial charge in [0, 0.05) is 12.7 Å². The molecule has 1 saturated heterocycles. The maximum atomic E-state index is 12.7. The highest BCUT2D eigenvalue weighted by molar-refractivity contribution is 5.92. The maximum Gasteiger partial charge on any atom is 0.274 e. The third-order valence-electron chi connectivity index (χ3n) is 4.24. The van der Waals surface area contributed by atoms with Gasteiger partial charge in [-0.3, -0.25) is 9.78 Å². The van der Waals surface area contributed by atoms with Crippen LogP contribution < -0.4 is 4.74 Å². The van der Waals surface area contributed by atoms with Gasteiger partial charge in [-0.25, -0.2) is 4.98 Å². The Morgan fingerprint density at radius 3 is 2.85 bits per heavy atom. The van der Waals surface area contributed by atoms with Crippen molar-refractivity contribution in [2.24, 2.45) is 0 Å². The Labute approximate surface area is 152 Å². The molecule has 138 valence electrons. The number of rotatable bonds is 4. The van der Waals surface area contributed by atoms with Crippen LogP contribution in [0, 0.1) is 13.8 Å². The standard InChI is InChI=1S/C19H23N3O4/c1-14-5-3-4-6-17(14)26-13-19(24)11-22(7-8-25-12-19)18(23)16-10-20-15(2)9-21-16/h3-6,9-10,24H,7-8,11-13H2,1-2H3. The first-order valence-corrected chi connectivity index (χ1v) is 8.53. The zero-order valence-electron chi connectivity index (χ0n) is 15.0. The number of aromatic nitrogens is 2. The van der Waals surface area contributed by atoms with E-state index in [2.05, 4.69) is 9.97 Å². The van der Waals surface area contributed by atoms with E-state index < -0.39 is 5.60 Å². The number of amides is 1. The summed E-state index contributed by atoms with van der Waals surface area (Å²) in [6.07, 6.45) is 3.00. The monoisotopic (exact) mass is 357 g/mol. The molecule has 0 aliphatic carbocycles. The molecule has 1 aliphatic heterocycles. The second-order valence-electron chi connectivity index (χ2n) is 6.60. The Balaban J connectivity index is 1.70. The lowest BCUT2D eigenvalue weighted by Gasteiger charge is -2.30. The van der Waals surface area contributed by atoms with Crippen molar-refractivity contribution in [3.63, 3.8) is 0 Å². The summed E-state index contributed by atoms with van der Waals surface area (Å²) in [5, 5.41) is 10.9. The molecule has 2 aromatic rings. The van der Waals surface area contributed by atoms with Crippen LogP contribution >= 0.6 is 0 Å². The van der Waals surface area contributed by atoms with E-state index in [9.17, 15) is 9.90 Å². The summed E-state index contributed by atoms with van der Waals surface area (Å²) in [7, 11) is 0. The molecule has 1 fully saturated rings. The maximum absolute atomic E-state index is 12.7. The second kappa shape index (κ2) is 7.80. The van der Waals surface area contributed by atoms with Crippen molar-refractivity contribution in [3.8, 4) is 5.75 Å². The largest absolute Gasteiger partial charge is 0.490 e. The van der Waals surface area contributed by atoms with E-state index in [-0.39, 0.29) is 31.4 Å². The molecule has 7 heteroatoms. The minimum Gasteiger partial charge on any atom is -0.490 e.